The van der Waals surface area contributed by atoms with E-state index < -0.39 is 11.9 Å². The van der Waals surface area contributed by atoms with E-state index in [9.17, 15) is 19.5 Å². The molecule has 28 heavy (non-hydrogen) atoms. The Morgan fingerprint density at radius 1 is 1.18 bits per heavy atom. The van der Waals surface area contributed by atoms with Gasteiger partial charge in [-0.05, 0) is 29.8 Å². The van der Waals surface area contributed by atoms with Crippen LogP contribution in [0, 0.1) is 0 Å². The van der Waals surface area contributed by atoms with Crippen molar-refractivity contribution in [3.8, 4) is 5.75 Å². The highest BCUT2D eigenvalue weighted by Crippen LogP contribution is 2.28. The fraction of sp³-hybridized carbons (Fsp3) is 0.100. The number of amides is 2. The van der Waals surface area contributed by atoms with E-state index in [0.29, 0.717) is 22.3 Å². The zero-order valence-corrected chi connectivity index (χ0v) is 14.6. The van der Waals surface area contributed by atoms with Gasteiger partial charge in [0, 0.05) is 11.9 Å². The molecule has 140 valence electrons. The molecule has 0 atom stereocenters. The Labute approximate surface area is 159 Å². The number of benzene rings is 2. The van der Waals surface area contributed by atoms with Crippen LogP contribution in [0.3, 0.4) is 0 Å². The topological polar surface area (TPSA) is 118 Å². The molecule has 0 radical (unpaired) electrons. The minimum absolute atomic E-state index is 0.0180. The summed E-state index contributed by atoms with van der Waals surface area (Å²) >= 11 is 0. The third-order valence-corrected chi connectivity index (χ3v) is 4.31. The number of carboxylic acid groups (broad SMARTS) is 1. The summed E-state index contributed by atoms with van der Waals surface area (Å²) in [5.41, 5.74) is 1.76. The number of rotatable bonds is 4. The van der Waals surface area contributed by atoms with Crippen LogP contribution in [-0.2, 0) is 11.3 Å². The minimum atomic E-state index is -1.13. The van der Waals surface area contributed by atoms with Gasteiger partial charge in [0.2, 0.25) is 0 Å². The summed E-state index contributed by atoms with van der Waals surface area (Å²) in [5, 5.41) is 15.3. The number of carbonyl (C=O) groups is 3. The van der Waals surface area contributed by atoms with Gasteiger partial charge in [-0.15, -0.1) is 0 Å². The molecule has 1 aliphatic rings. The van der Waals surface area contributed by atoms with Crippen LogP contribution in [0.5, 0.6) is 5.75 Å². The molecule has 0 aliphatic carbocycles. The number of ether oxygens (including phenoxy) is 1. The summed E-state index contributed by atoms with van der Waals surface area (Å²) in [6.45, 7) is 0.154. The molecule has 4 rings (SSSR count). The third-order valence-electron chi connectivity index (χ3n) is 4.31. The summed E-state index contributed by atoms with van der Waals surface area (Å²) < 4.78 is 5.30. The molecule has 1 aliphatic heterocycles. The van der Waals surface area contributed by atoms with Crippen LogP contribution in [0.15, 0.2) is 48.5 Å². The lowest BCUT2D eigenvalue weighted by Gasteiger charge is -2.18. The number of para-hydroxylation sites is 1. The Morgan fingerprint density at radius 2 is 2.00 bits per heavy atom. The van der Waals surface area contributed by atoms with E-state index in [0.717, 1.165) is 5.56 Å². The van der Waals surface area contributed by atoms with Crippen molar-refractivity contribution >= 4 is 34.4 Å². The Kier molecular flexibility index (Phi) is 4.36. The molecule has 0 saturated carbocycles. The van der Waals surface area contributed by atoms with Gasteiger partial charge in [-0.2, -0.15) is 0 Å². The first-order valence-corrected chi connectivity index (χ1v) is 8.48. The maximum atomic E-state index is 12.5. The molecule has 0 saturated heterocycles. The maximum absolute atomic E-state index is 12.5. The van der Waals surface area contributed by atoms with Gasteiger partial charge >= 0.3 is 5.97 Å². The average molecular weight is 377 g/mol. The number of nitrogens with one attached hydrogen (secondary N) is 2. The highest BCUT2D eigenvalue weighted by molar-refractivity contribution is 6.05. The number of anilines is 1. The molecular formula is C20H15N3O5. The summed E-state index contributed by atoms with van der Waals surface area (Å²) in [5.74, 6) is -1.29. The maximum Gasteiger partial charge on any atom is 0.336 e. The number of aromatic nitrogens is 1. The van der Waals surface area contributed by atoms with E-state index in [4.69, 9.17) is 4.74 Å². The third kappa shape index (κ3) is 3.35. The van der Waals surface area contributed by atoms with E-state index in [2.05, 4.69) is 15.6 Å². The van der Waals surface area contributed by atoms with Crippen molar-refractivity contribution in [1.82, 2.24) is 10.3 Å². The molecule has 3 aromatic rings. The van der Waals surface area contributed by atoms with Gasteiger partial charge in [0.15, 0.2) is 6.61 Å². The summed E-state index contributed by atoms with van der Waals surface area (Å²) in [7, 11) is 0. The number of fused-ring (bicyclic) bond motifs is 2. The molecule has 0 spiro atoms. The Hall–Kier alpha value is -3.94. The molecular weight excluding hydrogens is 362 g/mol. The predicted molar refractivity (Wildman–Crippen MR) is 100 cm³/mol. The average Bonchev–Trinajstić information content (AvgIpc) is 2.70. The highest BCUT2D eigenvalue weighted by Gasteiger charge is 2.18. The number of hydrogen-bond acceptors (Lipinski definition) is 5. The number of carbonyl (C=O) groups excluding carboxylic acids is 2. The molecule has 2 aromatic carbocycles. The van der Waals surface area contributed by atoms with Crippen molar-refractivity contribution in [2.24, 2.45) is 0 Å². The van der Waals surface area contributed by atoms with Crippen molar-refractivity contribution in [1.29, 1.82) is 0 Å². The Balaban J connectivity index is 1.55. The standard InChI is InChI=1S/C20H15N3O5/c24-18-10-28-17-6-5-11(7-15(17)23-18)9-21-19(25)16-8-13(20(26)27)12-3-1-2-4-14(12)22-16/h1-8H,9-10H2,(H,21,25)(H,23,24)(H,26,27). The van der Waals surface area contributed by atoms with Crippen LogP contribution >= 0.6 is 0 Å². The van der Waals surface area contributed by atoms with Crippen molar-refractivity contribution < 1.29 is 24.2 Å². The lowest BCUT2D eigenvalue weighted by molar-refractivity contribution is -0.118. The first-order valence-electron chi connectivity index (χ1n) is 8.48. The SMILES string of the molecule is O=C1COc2ccc(CNC(=O)c3cc(C(=O)O)c4ccccc4n3)cc2N1. The molecule has 2 amide bonds. The highest BCUT2D eigenvalue weighted by atomic mass is 16.5. The van der Waals surface area contributed by atoms with Gasteiger partial charge in [-0.25, -0.2) is 9.78 Å². The normalized spacial score (nSPS) is 12.6. The first-order chi connectivity index (χ1) is 13.5. The second-order valence-corrected chi connectivity index (χ2v) is 6.23. The number of carboxylic acids is 1. The van der Waals surface area contributed by atoms with E-state index >= 15 is 0 Å². The van der Waals surface area contributed by atoms with Crippen LogP contribution in [-0.4, -0.2) is 34.5 Å². The van der Waals surface area contributed by atoms with Crippen LogP contribution < -0.4 is 15.4 Å². The van der Waals surface area contributed by atoms with Crippen LogP contribution in [0.25, 0.3) is 10.9 Å². The van der Waals surface area contributed by atoms with Crippen molar-refractivity contribution in [2.45, 2.75) is 6.54 Å². The van der Waals surface area contributed by atoms with Crippen molar-refractivity contribution in [3.05, 3.63) is 65.4 Å². The molecule has 1 aromatic heterocycles. The lowest BCUT2D eigenvalue weighted by atomic mass is 10.1. The summed E-state index contributed by atoms with van der Waals surface area (Å²) in [6.07, 6.45) is 0. The van der Waals surface area contributed by atoms with E-state index in [1.54, 1.807) is 42.5 Å². The molecule has 0 unspecified atom stereocenters. The van der Waals surface area contributed by atoms with E-state index in [1.165, 1.54) is 6.07 Å². The van der Waals surface area contributed by atoms with Crippen LogP contribution in [0.2, 0.25) is 0 Å². The van der Waals surface area contributed by atoms with E-state index in [-0.39, 0.29) is 30.3 Å². The zero-order chi connectivity index (χ0) is 19.7. The second kappa shape index (κ2) is 6.99. The number of pyridine rings is 1. The first kappa shape index (κ1) is 17.5. The number of hydrogen-bond donors (Lipinski definition) is 3. The number of aromatic carboxylic acids is 1. The minimum Gasteiger partial charge on any atom is -0.482 e. The molecule has 2 heterocycles. The Morgan fingerprint density at radius 3 is 2.82 bits per heavy atom. The predicted octanol–water partition coefficient (Wildman–Crippen LogP) is 2.19. The van der Waals surface area contributed by atoms with Gasteiger partial charge < -0.3 is 20.5 Å². The molecule has 8 heteroatoms. The molecule has 8 nitrogen and oxygen atoms in total. The fourth-order valence-corrected chi connectivity index (χ4v) is 2.98. The summed E-state index contributed by atoms with van der Waals surface area (Å²) in [6, 6.07) is 13.2. The largest absolute Gasteiger partial charge is 0.482 e. The van der Waals surface area contributed by atoms with Crippen molar-refractivity contribution in [2.75, 3.05) is 11.9 Å². The molecule has 0 bridgehead atoms. The smallest absolute Gasteiger partial charge is 0.336 e. The monoisotopic (exact) mass is 377 g/mol. The molecule has 3 N–H and O–H groups in total. The van der Waals surface area contributed by atoms with Crippen LogP contribution in [0.1, 0.15) is 26.4 Å². The Bertz CT molecular complexity index is 1130. The quantitative estimate of drug-likeness (QED) is 0.642. The van der Waals surface area contributed by atoms with Gasteiger partial charge in [0.25, 0.3) is 11.8 Å². The fourth-order valence-electron chi connectivity index (χ4n) is 2.98. The van der Waals surface area contributed by atoms with Gasteiger partial charge in [-0.3, -0.25) is 9.59 Å². The van der Waals surface area contributed by atoms with Crippen molar-refractivity contribution in [3.63, 3.8) is 0 Å². The van der Waals surface area contributed by atoms with Gasteiger partial charge in [-0.1, -0.05) is 24.3 Å². The van der Waals surface area contributed by atoms with Gasteiger partial charge in [0.1, 0.15) is 11.4 Å². The lowest BCUT2D eigenvalue weighted by Crippen LogP contribution is -2.26. The summed E-state index contributed by atoms with van der Waals surface area (Å²) in [4.78, 5) is 39.7. The molecule has 0 fully saturated rings. The zero-order valence-electron chi connectivity index (χ0n) is 14.6. The second-order valence-electron chi connectivity index (χ2n) is 6.23. The van der Waals surface area contributed by atoms with E-state index in [1.807, 2.05) is 0 Å². The van der Waals surface area contributed by atoms with Crippen LogP contribution in [0.4, 0.5) is 5.69 Å². The number of nitrogens with zero attached hydrogens (tertiary/aromatic N) is 1. The van der Waals surface area contributed by atoms with Gasteiger partial charge in [0.05, 0.1) is 16.8 Å².